The summed E-state index contributed by atoms with van der Waals surface area (Å²) in [6, 6.07) is 6.38. The van der Waals surface area contributed by atoms with Gasteiger partial charge in [0.2, 0.25) is 0 Å². The van der Waals surface area contributed by atoms with Crippen LogP contribution in [0.1, 0.15) is 39.2 Å². The van der Waals surface area contributed by atoms with E-state index in [0.29, 0.717) is 12.6 Å². The molecule has 1 aromatic carbocycles. The average molecular weight is 407 g/mol. The van der Waals surface area contributed by atoms with E-state index in [-0.39, 0.29) is 12.0 Å². The summed E-state index contributed by atoms with van der Waals surface area (Å²) in [7, 11) is 3.35. The number of benzene rings is 1. The first-order valence-electron chi connectivity index (χ1n) is 10.5. The van der Waals surface area contributed by atoms with Crippen molar-refractivity contribution in [3.8, 4) is 11.5 Å². The molecule has 2 atom stereocenters. The van der Waals surface area contributed by atoms with Gasteiger partial charge in [0.25, 0.3) is 0 Å². The highest BCUT2D eigenvalue weighted by Gasteiger charge is 2.25. The molecule has 1 aromatic rings. The van der Waals surface area contributed by atoms with Gasteiger partial charge in [-0.05, 0) is 37.5 Å². The zero-order valence-electron chi connectivity index (χ0n) is 18.6. The van der Waals surface area contributed by atoms with Gasteiger partial charge in [-0.1, -0.05) is 13.8 Å². The Labute approximate surface area is 175 Å². The molecule has 0 aromatic heterocycles. The number of aliphatic hydroxyl groups is 1. The molecule has 1 aliphatic rings. The number of hydrogen-bond acceptors (Lipinski definition) is 5. The minimum atomic E-state index is -0.171. The highest BCUT2D eigenvalue weighted by atomic mass is 16.5. The maximum absolute atomic E-state index is 9.63. The van der Waals surface area contributed by atoms with Gasteiger partial charge < -0.3 is 25.2 Å². The fourth-order valence-corrected chi connectivity index (χ4v) is 3.37. The first-order chi connectivity index (χ1) is 13.9. The zero-order valence-corrected chi connectivity index (χ0v) is 18.6. The molecule has 7 heteroatoms. The van der Waals surface area contributed by atoms with E-state index in [9.17, 15) is 5.11 Å². The number of aliphatic hydroxyl groups excluding tert-OH is 1. The second-order valence-corrected chi connectivity index (χ2v) is 8.10. The van der Waals surface area contributed by atoms with Crippen molar-refractivity contribution in [2.24, 2.45) is 10.4 Å². The lowest BCUT2D eigenvalue weighted by molar-refractivity contribution is 0.145. The molecule has 0 radical (unpaired) electrons. The van der Waals surface area contributed by atoms with Crippen LogP contribution in [0.3, 0.4) is 0 Å². The van der Waals surface area contributed by atoms with Crippen LogP contribution in [0.4, 0.5) is 0 Å². The lowest BCUT2D eigenvalue weighted by Gasteiger charge is -2.24. The van der Waals surface area contributed by atoms with Crippen LogP contribution in [-0.4, -0.2) is 69.0 Å². The zero-order chi connectivity index (χ0) is 21.3. The molecule has 1 fully saturated rings. The molecule has 164 valence electrons. The molecule has 7 nitrogen and oxygen atoms in total. The Hall–Kier alpha value is -1.99. The number of aliphatic imine (C=N–C) groups is 1. The summed E-state index contributed by atoms with van der Waals surface area (Å²) >= 11 is 0. The smallest absolute Gasteiger partial charge is 0.191 e. The fraction of sp³-hybridized carbons (Fsp3) is 0.682. The molecule has 1 aliphatic heterocycles. The normalized spacial score (nSPS) is 19.7. The Bertz CT molecular complexity index is 639. The van der Waals surface area contributed by atoms with E-state index in [1.807, 2.05) is 6.07 Å². The summed E-state index contributed by atoms with van der Waals surface area (Å²) in [4.78, 5) is 7.16. The molecule has 1 saturated heterocycles. The minimum Gasteiger partial charge on any atom is -0.497 e. The second kappa shape index (κ2) is 11.3. The van der Waals surface area contributed by atoms with E-state index < -0.39 is 0 Å². The van der Waals surface area contributed by atoms with Crippen molar-refractivity contribution in [1.82, 2.24) is 15.5 Å². The van der Waals surface area contributed by atoms with E-state index >= 15 is 0 Å². The molecule has 1 heterocycles. The summed E-state index contributed by atoms with van der Waals surface area (Å²) in [5.74, 6) is 2.46. The van der Waals surface area contributed by atoms with Gasteiger partial charge in [-0.15, -0.1) is 0 Å². The predicted octanol–water partition coefficient (Wildman–Crippen LogP) is 2.24. The monoisotopic (exact) mass is 406 g/mol. The SMILES string of the molecule is CCNC(=NCC(C)(CC)CO)NC1CCN(Cc2cc(OC)cc(OC)c2)C1. The van der Waals surface area contributed by atoms with Crippen LogP contribution in [0, 0.1) is 5.41 Å². The van der Waals surface area contributed by atoms with Crippen LogP contribution in [0.5, 0.6) is 11.5 Å². The number of nitrogens with one attached hydrogen (secondary N) is 2. The van der Waals surface area contributed by atoms with Crippen molar-refractivity contribution in [3.63, 3.8) is 0 Å². The van der Waals surface area contributed by atoms with E-state index in [0.717, 1.165) is 56.5 Å². The van der Waals surface area contributed by atoms with Crippen molar-refractivity contribution >= 4 is 5.96 Å². The number of guanidine groups is 1. The molecular formula is C22H38N4O3. The highest BCUT2D eigenvalue weighted by Crippen LogP contribution is 2.24. The van der Waals surface area contributed by atoms with E-state index in [4.69, 9.17) is 14.5 Å². The molecule has 0 bridgehead atoms. The summed E-state index contributed by atoms with van der Waals surface area (Å²) in [5.41, 5.74) is 1.01. The summed E-state index contributed by atoms with van der Waals surface area (Å²) < 4.78 is 10.8. The van der Waals surface area contributed by atoms with Gasteiger partial charge in [-0.3, -0.25) is 9.89 Å². The number of ether oxygens (including phenoxy) is 2. The molecule has 0 amide bonds. The minimum absolute atomic E-state index is 0.146. The van der Waals surface area contributed by atoms with Gasteiger partial charge in [0.1, 0.15) is 11.5 Å². The topological polar surface area (TPSA) is 78.4 Å². The lowest BCUT2D eigenvalue weighted by atomic mass is 9.89. The van der Waals surface area contributed by atoms with E-state index in [2.05, 4.69) is 48.4 Å². The standard InChI is InChI=1S/C22H38N4O3/c1-6-22(3,16-27)15-24-21(23-7-2)25-18-8-9-26(14-18)13-17-10-19(28-4)12-20(11-17)29-5/h10-12,18,27H,6-9,13-16H2,1-5H3,(H2,23,24,25). The van der Waals surface area contributed by atoms with E-state index in [1.165, 1.54) is 5.56 Å². The molecule has 3 N–H and O–H groups in total. The number of methoxy groups -OCH3 is 2. The van der Waals surface area contributed by atoms with Gasteiger partial charge >= 0.3 is 0 Å². The molecule has 0 aliphatic carbocycles. The number of nitrogens with zero attached hydrogens (tertiary/aromatic N) is 2. The molecule has 29 heavy (non-hydrogen) atoms. The Balaban J connectivity index is 1.95. The Kier molecular flexibility index (Phi) is 9.04. The molecule has 0 spiro atoms. The van der Waals surface area contributed by atoms with Gasteiger partial charge in [0.05, 0.1) is 27.4 Å². The van der Waals surface area contributed by atoms with Gasteiger partial charge in [-0.2, -0.15) is 0 Å². The Morgan fingerprint density at radius 2 is 1.93 bits per heavy atom. The van der Waals surface area contributed by atoms with Crippen molar-refractivity contribution in [1.29, 1.82) is 0 Å². The van der Waals surface area contributed by atoms with Crippen LogP contribution >= 0.6 is 0 Å². The second-order valence-electron chi connectivity index (χ2n) is 8.10. The maximum atomic E-state index is 9.63. The van der Waals surface area contributed by atoms with Crippen LogP contribution in [0.2, 0.25) is 0 Å². The molecule has 2 unspecified atom stereocenters. The third-order valence-electron chi connectivity index (χ3n) is 5.63. The number of rotatable bonds is 10. The first kappa shape index (κ1) is 23.3. The summed E-state index contributed by atoms with van der Waals surface area (Å²) in [6.45, 7) is 10.6. The number of hydrogen-bond donors (Lipinski definition) is 3. The lowest BCUT2D eigenvalue weighted by Crippen LogP contribution is -2.45. The summed E-state index contributed by atoms with van der Waals surface area (Å²) in [5, 5.41) is 16.5. The molecular weight excluding hydrogens is 368 g/mol. The molecule has 0 saturated carbocycles. The Morgan fingerprint density at radius 1 is 1.24 bits per heavy atom. The van der Waals surface area contributed by atoms with Gasteiger partial charge in [0.15, 0.2) is 5.96 Å². The third-order valence-corrected chi connectivity index (χ3v) is 5.63. The quantitative estimate of drug-likeness (QED) is 0.409. The average Bonchev–Trinajstić information content (AvgIpc) is 3.18. The largest absolute Gasteiger partial charge is 0.497 e. The third kappa shape index (κ3) is 7.08. The molecule has 2 rings (SSSR count). The van der Waals surface area contributed by atoms with Crippen LogP contribution in [0.25, 0.3) is 0 Å². The van der Waals surface area contributed by atoms with Gasteiger partial charge in [-0.25, -0.2) is 0 Å². The maximum Gasteiger partial charge on any atom is 0.191 e. The van der Waals surface area contributed by atoms with Crippen molar-refractivity contribution in [2.75, 3.05) is 47.0 Å². The van der Waals surface area contributed by atoms with Crippen molar-refractivity contribution < 1.29 is 14.6 Å². The fourth-order valence-electron chi connectivity index (χ4n) is 3.37. The van der Waals surface area contributed by atoms with Gasteiger partial charge in [0, 0.05) is 43.7 Å². The predicted molar refractivity (Wildman–Crippen MR) is 118 cm³/mol. The summed E-state index contributed by atoms with van der Waals surface area (Å²) in [6.07, 6.45) is 1.96. The van der Waals surface area contributed by atoms with Crippen LogP contribution in [0.15, 0.2) is 23.2 Å². The Morgan fingerprint density at radius 3 is 2.48 bits per heavy atom. The van der Waals surface area contributed by atoms with Crippen molar-refractivity contribution in [2.45, 2.75) is 46.2 Å². The number of likely N-dealkylation sites (tertiary alicyclic amines) is 1. The van der Waals surface area contributed by atoms with E-state index in [1.54, 1.807) is 14.2 Å². The first-order valence-corrected chi connectivity index (χ1v) is 10.5. The highest BCUT2D eigenvalue weighted by molar-refractivity contribution is 5.80. The van der Waals surface area contributed by atoms with Crippen molar-refractivity contribution in [3.05, 3.63) is 23.8 Å². The van der Waals surface area contributed by atoms with Crippen LogP contribution < -0.4 is 20.1 Å². The van der Waals surface area contributed by atoms with Crippen LogP contribution in [-0.2, 0) is 6.54 Å².